The number of carbonyl (C=O) groups excluding carboxylic acids is 1. The van der Waals surface area contributed by atoms with Gasteiger partial charge in [0.15, 0.2) is 0 Å². The van der Waals surface area contributed by atoms with Crippen LogP contribution in [-0.2, 0) is 11.2 Å². The van der Waals surface area contributed by atoms with E-state index < -0.39 is 5.97 Å². The fourth-order valence-electron chi connectivity index (χ4n) is 1.58. The quantitative estimate of drug-likeness (QED) is 0.569. The third kappa shape index (κ3) is 6.71. The van der Waals surface area contributed by atoms with Gasteiger partial charge in [0.05, 0.1) is 6.42 Å². The van der Waals surface area contributed by atoms with Crippen LogP contribution in [0.4, 0.5) is 4.79 Å². The minimum absolute atomic E-state index is 0.0857. The molecule has 0 aromatic heterocycles. The molecular weight excluding hydrogens is 264 g/mol. The van der Waals surface area contributed by atoms with Crippen molar-refractivity contribution in [3.63, 3.8) is 0 Å². The predicted molar refractivity (Wildman–Crippen MR) is 76.6 cm³/mol. The molecule has 1 rings (SSSR count). The van der Waals surface area contributed by atoms with E-state index >= 15 is 0 Å². The standard InChI is InChI=1S/C13H18N2O3S/c16-12(17)6-7-14-13(18)15-11(9-19)8-10-4-2-1-3-5-10/h1-5,11,19H,6-9H2,(H,16,17)(H2,14,15,18). The Morgan fingerprint density at radius 1 is 1.26 bits per heavy atom. The number of hydrogen-bond donors (Lipinski definition) is 4. The Balaban J connectivity index is 2.35. The topological polar surface area (TPSA) is 78.4 Å². The molecule has 0 aliphatic carbocycles. The van der Waals surface area contributed by atoms with Gasteiger partial charge in [-0.25, -0.2) is 4.79 Å². The smallest absolute Gasteiger partial charge is 0.315 e. The molecule has 2 amide bonds. The summed E-state index contributed by atoms with van der Waals surface area (Å²) in [6, 6.07) is 9.34. The molecule has 0 spiro atoms. The molecule has 0 saturated carbocycles. The second-order valence-corrected chi connectivity index (χ2v) is 4.48. The zero-order valence-corrected chi connectivity index (χ0v) is 11.4. The number of carbonyl (C=O) groups is 2. The van der Waals surface area contributed by atoms with Crippen molar-refractivity contribution in [3.05, 3.63) is 35.9 Å². The van der Waals surface area contributed by atoms with Gasteiger partial charge in [-0.1, -0.05) is 30.3 Å². The molecule has 19 heavy (non-hydrogen) atoms. The highest BCUT2D eigenvalue weighted by Gasteiger charge is 2.11. The van der Waals surface area contributed by atoms with E-state index in [2.05, 4.69) is 23.3 Å². The molecule has 6 heteroatoms. The summed E-state index contributed by atoms with van der Waals surface area (Å²) in [6.07, 6.45) is 0.605. The highest BCUT2D eigenvalue weighted by molar-refractivity contribution is 7.80. The second-order valence-electron chi connectivity index (χ2n) is 4.11. The summed E-state index contributed by atoms with van der Waals surface area (Å²) >= 11 is 4.21. The largest absolute Gasteiger partial charge is 0.481 e. The Bertz CT molecular complexity index is 412. The van der Waals surface area contributed by atoms with Crippen molar-refractivity contribution in [2.24, 2.45) is 0 Å². The Morgan fingerprint density at radius 3 is 2.53 bits per heavy atom. The van der Waals surface area contributed by atoms with Crippen LogP contribution in [0.15, 0.2) is 30.3 Å². The maximum absolute atomic E-state index is 11.5. The molecule has 5 nitrogen and oxygen atoms in total. The summed E-state index contributed by atoms with van der Waals surface area (Å²) in [7, 11) is 0. The SMILES string of the molecule is O=C(O)CCNC(=O)NC(CS)Cc1ccccc1. The van der Waals surface area contributed by atoms with Crippen LogP contribution in [0.2, 0.25) is 0 Å². The van der Waals surface area contributed by atoms with Crippen LogP contribution in [0, 0.1) is 0 Å². The van der Waals surface area contributed by atoms with E-state index in [1.165, 1.54) is 0 Å². The van der Waals surface area contributed by atoms with Crippen molar-refractivity contribution in [3.8, 4) is 0 Å². The first-order valence-corrected chi connectivity index (χ1v) is 6.66. The van der Waals surface area contributed by atoms with Gasteiger partial charge in [0.25, 0.3) is 0 Å². The van der Waals surface area contributed by atoms with Crippen LogP contribution in [0.1, 0.15) is 12.0 Å². The van der Waals surface area contributed by atoms with E-state index in [0.29, 0.717) is 12.2 Å². The summed E-state index contributed by atoms with van der Waals surface area (Å²) in [5.41, 5.74) is 1.12. The molecule has 0 saturated heterocycles. The van der Waals surface area contributed by atoms with E-state index in [9.17, 15) is 9.59 Å². The molecule has 0 heterocycles. The van der Waals surface area contributed by atoms with Gasteiger partial charge in [-0.2, -0.15) is 12.6 Å². The number of amides is 2. The minimum atomic E-state index is -0.935. The Hall–Kier alpha value is -1.69. The molecule has 1 aromatic carbocycles. The molecule has 104 valence electrons. The van der Waals surface area contributed by atoms with Crippen LogP contribution in [0.5, 0.6) is 0 Å². The highest BCUT2D eigenvalue weighted by Crippen LogP contribution is 2.04. The summed E-state index contributed by atoms with van der Waals surface area (Å²) in [4.78, 5) is 21.9. The summed E-state index contributed by atoms with van der Waals surface area (Å²) < 4.78 is 0. The Kier molecular flexibility index (Phi) is 6.81. The highest BCUT2D eigenvalue weighted by atomic mass is 32.1. The molecule has 1 unspecified atom stereocenters. The summed E-state index contributed by atoms with van der Waals surface area (Å²) in [5.74, 6) is -0.420. The number of hydrogen-bond acceptors (Lipinski definition) is 3. The number of nitrogens with one attached hydrogen (secondary N) is 2. The van der Waals surface area contributed by atoms with E-state index in [-0.39, 0.29) is 25.0 Å². The van der Waals surface area contributed by atoms with Gasteiger partial charge in [-0.3, -0.25) is 4.79 Å². The lowest BCUT2D eigenvalue weighted by Crippen LogP contribution is -2.44. The number of benzene rings is 1. The average Bonchev–Trinajstić information content (AvgIpc) is 2.38. The maximum atomic E-state index is 11.5. The van der Waals surface area contributed by atoms with Gasteiger partial charge < -0.3 is 15.7 Å². The summed E-state index contributed by atoms with van der Waals surface area (Å²) in [6.45, 7) is 0.117. The molecule has 3 N–H and O–H groups in total. The lowest BCUT2D eigenvalue weighted by Gasteiger charge is -2.17. The third-order valence-corrected chi connectivity index (χ3v) is 2.95. The fraction of sp³-hybridized carbons (Fsp3) is 0.385. The van der Waals surface area contributed by atoms with Crippen molar-refractivity contribution in [2.45, 2.75) is 18.9 Å². The fourth-order valence-corrected chi connectivity index (χ4v) is 1.80. The molecule has 0 radical (unpaired) electrons. The van der Waals surface area contributed by atoms with Gasteiger partial charge in [0.2, 0.25) is 0 Å². The van der Waals surface area contributed by atoms with E-state index in [1.807, 2.05) is 30.3 Å². The zero-order chi connectivity index (χ0) is 14.1. The van der Waals surface area contributed by atoms with Crippen LogP contribution < -0.4 is 10.6 Å². The monoisotopic (exact) mass is 282 g/mol. The average molecular weight is 282 g/mol. The Morgan fingerprint density at radius 2 is 1.95 bits per heavy atom. The number of rotatable bonds is 7. The first-order valence-electron chi connectivity index (χ1n) is 6.02. The number of carboxylic acids is 1. The van der Waals surface area contributed by atoms with Crippen LogP contribution in [0.25, 0.3) is 0 Å². The lowest BCUT2D eigenvalue weighted by molar-refractivity contribution is -0.136. The van der Waals surface area contributed by atoms with Crippen molar-refractivity contribution < 1.29 is 14.7 Å². The van der Waals surface area contributed by atoms with Crippen molar-refractivity contribution in [1.29, 1.82) is 0 Å². The van der Waals surface area contributed by atoms with Crippen LogP contribution in [0.3, 0.4) is 0 Å². The van der Waals surface area contributed by atoms with Gasteiger partial charge in [0, 0.05) is 18.3 Å². The van der Waals surface area contributed by atoms with Crippen LogP contribution in [-0.4, -0.2) is 35.4 Å². The minimum Gasteiger partial charge on any atom is -0.481 e. The van der Waals surface area contributed by atoms with Gasteiger partial charge in [-0.15, -0.1) is 0 Å². The van der Waals surface area contributed by atoms with E-state index in [0.717, 1.165) is 5.56 Å². The molecule has 0 bridgehead atoms. The number of carboxylic acid groups (broad SMARTS) is 1. The lowest BCUT2D eigenvalue weighted by atomic mass is 10.1. The van der Waals surface area contributed by atoms with Crippen molar-refractivity contribution in [1.82, 2.24) is 10.6 Å². The molecule has 0 aliphatic rings. The first-order chi connectivity index (χ1) is 9.11. The van der Waals surface area contributed by atoms with E-state index in [4.69, 9.17) is 5.11 Å². The summed E-state index contributed by atoms with van der Waals surface area (Å²) in [5, 5.41) is 13.7. The number of aliphatic carboxylic acids is 1. The van der Waals surface area contributed by atoms with Gasteiger partial charge in [-0.05, 0) is 12.0 Å². The third-order valence-electron chi connectivity index (χ3n) is 2.50. The second kappa shape index (κ2) is 8.42. The molecule has 0 aliphatic heterocycles. The molecule has 0 fully saturated rings. The first kappa shape index (κ1) is 15.4. The number of thiol groups is 1. The van der Waals surface area contributed by atoms with Gasteiger partial charge >= 0.3 is 12.0 Å². The van der Waals surface area contributed by atoms with Gasteiger partial charge in [0.1, 0.15) is 0 Å². The molecule has 1 aromatic rings. The predicted octanol–water partition coefficient (Wildman–Crippen LogP) is 1.30. The van der Waals surface area contributed by atoms with Crippen LogP contribution >= 0.6 is 12.6 Å². The van der Waals surface area contributed by atoms with E-state index in [1.54, 1.807) is 0 Å². The normalized spacial score (nSPS) is 11.6. The molecular formula is C13H18N2O3S. The Labute approximate surface area is 117 Å². The number of urea groups is 1. The maximum Gasteiger partial charge on any atom is 0.315 e. The van der Waals surface area contributed by atoms with Crippen molar-refractivity contribution in [2.75, 3.05) is 12.3 Å². The molecule has 1 atom stereocenters. The zero-order valence-electron chi connectivity index (χ0n) is 10.5. The van der Waals surface area contributed by atoms with Crippen molar-refractivity contribution >= 4 is 24.6 Å².